The second-order valence-electron chi connectivity index (χ2n) is 8.99. The molecule has 1 unspecified atom stereocenters. The van der Waals surface area contributed by atoms with E-state index < -0.39 is 33.8 Å². The molecule has 0 N–H and O–H groups in total. The molecule has 0 heterocycles. The first-order valence-electron chi connectivity index (χ1n) is 13.0. The molecular formula is C31H32O8P2. The molecule has 4 aromatic rings. The Bertz CT molecular complexity index is 1360. The van der Waals surface area contributed by atoms with Crippen molar-refractivity contribution in [2.75, 3.05) is 0 Å². The Balaban J connectivity index is 1.54. The van der Waals surface area contributed by atoms with E-state index in [4.69, 9.17) is 27.1 Å². The summed E-state index contributed by atoms with van der Waals surface area (Å²) in [5.74, 6) is 0.638. The summed E-state index contributed by atoms with van der Waals surface area (Å²) < 4.78 is 62.8. The SMILES string of the molecule is C=CC(OP(=O)(Oc1ccccc1)Oc1ccccc1)[C@@H](C)[C@H](C)OP(=O)(Oc1ccccc1)Oc1ccccc1. The van der Waals surface area contributed by atoms with Crippen LogP contribution >= 0.6 is 15.6 Å². The molecule has 0 aliphatic carbocycles. The van der Waals surface area contributed by atoms with Gasteiger partial charge in [-0.2, -0.15) is 0 Å². The maximum atomic E-state index is 14.0. The molecule has 0 radical (unpaired) electrons. The van der Waals surface area contributed by atoms with Gasteiger partial charge in [0.2, 0.25) is 0 Å². The maximum absolute atomic E-state index is 14.0. The highest BCUT2D eigenvalue weighted by atomic mass is 31.2. The lowest BCUT2D eigenvalue weighted by Crippen LogP contribution is -2.31. The van der Waals surface area contributed by atoms with Crippen LogP contribution in [0.15, 0.2) is 134 Å². The molecule has 8 nitrogen and oxygen atoms in total. The van der Waals surface area contributed by atoms with Crippen molar-refractivity contribution in [3.8, 4) is 23.0 Å². The van der Waals surface area contributed by atoms with Gasteiger partial charge in [-0.25, -0.2) is 9.13 Å². The van der Waals surface area contributed by atoms with E-state index in [1.165, 1.54) is 6.08 Å². The van der Waals surface area contributed by atoms with E-state index in [0.717, 1.165) is 0 Å². The summed E-state index contributed by atoms with van der Waals surface area (Å²) in [6.07, 6.45) is -0.246. The number of rotatable bonds is 15. The Hall–Kier alpha value is -3.80. The third kappa shape index (κ3) is 9.10. The van der Waals surface area contributed by atoms with E-state index in [9.17, 15) is 9.13 Å². The van der Waals surface area contributed by atoms with Crippen LogP contribution in [-0.4, -0.2) is 12.2 Å². The van der Waals surface area contributed by atoms with Gasteiger partial charge >= 0.3 is 15.6 Å². The zero-order chi connectivity index (χ0) is 29.1. The fraction of sp³-hybridized carbons (Fsp3) is 0.161. The summed E-state index contributed by atoms with van der Waals surface area (Å²) in [6, 6.07) is 34.3. The van der Waals surface area contributed by atoms with Crippen LogP contribution in [0.25, 0.3) is 0 Å². The molecule has 0 saturated heterocycles. The van der Waals surface area contributed by atoms with Gasteiger partial charge in [-0.3, -0.25) is 9.05 Å². The van der Waals surface area contributed by atoms with E-state index in [1.54, 1.807) is 135 Å². The zero-order valence-corrected chi connectivity index (χ0v) is 24.5. The Morgan fingerprint density at radius 2 is 0.829 bits per heavy atom. The molecule has 3 atom stereocenters. The van der Waals surface area contributed by atoms with Crippen LogP contribution in [-0.2, 0) is 18.2 Å². The van der Waals surface area contributed by atoms with Crippen molar-refractivity contribution >= 4 is 15.6 Å². The predicted molar refractivity (Wildman–Crippen MR) is 158 cm³/mol. The lowest BCUT2D eigenvalue weighted by Gasteiger charge is -2.30. The minimum absolute atomic E-state index is 0.295. The second kappa shape index (κ2) is 14.2. The molecule has 0 fully saturated rings. The zero-order valence-electron chi connectivity index (χ0n) is 22.7. The topological polar surface area (TPSA) is 89.5 Å². The summed E-state index contributed by atoms with van der Waals surface area (Å²) in [4.78, 5) is 0. The molecule has 0 aromatic heterocycles. The minimum atomic E-state index is -4.25. The molecule has 4 rings (SSSR count). The van der Waals surface area contributed by atoms with Crippen molar-refractivity contribution < 1.29 is 36.3 Å². The van der Waals surface area contributed by atoms with Crippen molar-refractivity contribution in [1.29, 1.82) is 0 Å². The van der Waals surface area contributed by atoms with Gasteiger partial charge in [0.1, 0.15) is 23.0 Å². The summed E-state index contributed by atoms with van der Waals surface area (Å²) in [7, 11) is -8.45. The predicted octanol–water partition coefficient (Wildman–Crippen LogP) is 9.13. The first-order chi connectivity index (χ1) is 19.8. The molecule has 214 valence electrons. The summed E-state index contributed by atoms with van der Waals surface area (Å²) in [6.45, 7) is 7.30. The van der Waals surface area contributed by atoms with Gasteiger partial charge in [0.25, 0.3) is 0 Å². The quantitative estimate of drug-likeness (QED) is 0.0994. The van der Waals surface area contributed by atoms with E-state index in [1.807, 2.05) is 0 Å². The highest BCUT2D eigenvalue weighted by molar-refractivity contribution is 7.49. The highest BCUT2D eigenvalue weighted by Gasteiger charge is 2.40. The molecule has 0 amide bonds. The molecular weight excluding hydrogens is 562 g/mol. The number of phosphoric ester groups is 2. The first kappa shape index (κ1) is 30.2. The fourth-order valence-electron chi connectivity index (χ4n) is 3.63. The maximum Gasteiger partial charge on any atom is 0.588 e. The van der Waals surface area contributed by atoms with Crippen LogP contribution in [0, 0.1) is 5.92 Å². The second-order valence-corrected chi connectivity index (χ2v) is 11.9. The average Bonchev–Trinajstić information content (AvgIpc) is 2.97. The summed E-state index contributed by atoms with van der Waals surface area (Å²) >= 11 is 0. The third-order valence-electron chi connectivity index (χ3n) is 5.88. The monoisotopic (exact) mass is 594 g/mol. The molecule has 0 aliphatic heterocycles. The molecule has 41 heavy (non-hydrogen) atoms. The van der Waals surface area contributed by atoms with Gasteiger partial charge < -0.3 is 18.1 Å². The van der Waals surface area contributed by atoms with E-state index >= 15 is 0 Å². The third-order valence-corrected chi connectivity index (χ3v) is 8.71. The minimum Gasteiger partial charge on any atom is -0.395 e. The molecule has 0 spiro atoms. The Labute approximate surface area is 240 Å². The highest BCUT2D eigenvalue weighted by Crippen LogP contribution is 2.54. The Morgan fingerprint density at radius 1 is 0.537 bits per heavy atom. The van der Waals surface area contributed by atoms with E-state index in [0.29, 0.717) is 23.0 Å². The standard InChI is InChI=1S/C31H32O8P2/c1-4-31(39-41(33,37-29-21-13-7-14-22-29)38-30-23-15-8-16-24-30)25(2)26(3)34-40(32,35-27-17-9-5-10-18-27)36-28-19-11-6-12-20-28/h4-26,31H,1H2,2-3H3/t25-,26-,31?/m0/s1. The fourth-order valence-corrected chi connectivity index (χ4v) is 6.58. The van der Waals surface area contributed by atoms with Crippen molar-refractivity contribution in [2.45, 2.75) is 26.1 Å². The van der Waals surface area contributed by atoms with Crippen LogP contribution in [0.2, 0.25) is 0 Å². The number of benzene rings is 4. The number of hydrogen-bond acceptors (Lipinski definition) is 8. The van der Waals surface area contributed by atoms with E-state index in [2.05, 4.69) is 6.58 Å². The molecule has 0 saturated carbocycles. The van der Waals surface area contributed by atoms with Crippen LogP contribution in [0.1, 0.15) is 13.8 Å². The van der Waals surface area contributed by atoms with Gasteiger partial charge in [-0.05, 0) is 55.5 Å². The van der Waals surface area contributed by atoms with Crippen molar-refractivity contribution in [1.82, 2.24) is 0 Å². The largest absolute Gasteiger partial charge is 0.588 e. The van der Waals surface area contributed by atoms with Crippen LogP contribution in [0.3, 0.4) is 0 Å². The van der Waals surface area contributed by atoms with Crippen molar-refractivity contribution in [3.05, 3.63) is 134 Å². The smallest absolute Gasteiger partial charge is 0.395 e. The normalized spacial score (nSPS) is 13.8. The van der Waals surface area contributed by atoms with Crippen molar-refractivity contribution in [3.63, 3.8) is 0 Å². The molecule has 4 aromatic carbocycles. The van der Waals surface area contributed by atoms with Crippen molar-refractivity contribution in [2.24, 2.45) is 5.92 Å². The van der Waals surface area contributed by atoms with Gasteiger partial charge in [0, 0.05) is 5.92 Å². The van der Waals surface area contributed by atoms with Gasteiger partial charge in [-0.15, -0.1) is 6.58 Å². The lowest BCUT2D eigenvalue weighted by atomic mass is 10.00. The average molecular weight is 595 g/mol. The first-order valence-corrected chi connectivity index (χ1v) is 15.9. The van der Waals surface area contributed by atoms with Crippen LogP contribution < -0.4 is 18.1 Å². The van der Waals surface area contributed by atoms with Crippen LogP contribution in [0.4, 0.5) is 0 Å². The summed E-state index contributed by atoms with van der Waals surface area (Å²) in [5, 5.41) is 0. The Morgan fingerprint density at radius 3 is 1.12 bits per heavy atom. The number of para-hydroxylation sites is 4. The number of hydrogen-bond donors (Lipinski definition) is 0. The van der Waals surface area contributed by atoms with Gasteiger partial charge in [0.15, 0.2) is 0 Å². The number of phosphoric acid groups is 2. The molecule has 0 bridgehead atoms. The van der Waals surface area contributed by atoms with Crippen LogP contribution in [0.5, 0.6) is 23.0 Å². The van der Waals surface area contributed by atoms with Gasteiger partial charge in [0.05, 0.1) is 12.2 Å². The lowest BCUT2D eigenvalue weighted by molar-refractivity contribution is 0.0528. The van der Waals surface area contributed by atoms with Gasteiger partial charge in [-0.1, -0.05) is 85.8 Å². The Kier molecular flexibility index (Phi) is 10.4. The molecule has 0 aliphatic rings. The summed E-state index contributed by atoms with van der Waals surface area (Å²) in [5.41, 5.74) is 0. The molecule has 10 heteroatoms. The van der Waals surface area contributed by atoms with E-state index in [-0.39, 0.29) is 0 Å².